The summed E-state index contributed by atoms with van der Waals surface area (Å²) in [4.78, 5) is 27.0. The van der Waals surface area contributed by atoms with Crippen LogP contribution < -0.4 is 4.74 Å². The van der Waals surface area contributed by atoms with Gasteiger partial charge in [-0.15, -0.1) is 0 Å². The minimum Gasteiger partial charge on any atom is -0.469 e. The van der Waals surface area contributed by atoms with Crippen LogP contribution in [0, 0.1) is 11.8 Å². The lowest BCUT2D eigenvalue weighted by Crippen LogP contribution is -2.52. The smallest absolute Gasteiger partial charge is 0.315 e. The highest BCUT2D eigenvalue weighted by atomic mass is 16.5. The number of benzene rings is 1. The van der Waals surface area contributed by atoms with Crippen LogP contribution in [0.15, 0.2) is 30.3 Å². The zero-order valence-corrected chi connectivity index (χ0v) is 12.9. The first-order valence-electron chi connectivity index (χ1n) is 7.68. The quantitative estimate of drug-likeness (QED) is 0.630. The Kier molecular flexibility index (Phi) is 4.16. The highest BCUT2D eigenvalue weighted by Gasteiger charge is 2.52. The Labute approximate surface area is 130 Å². The van der Waals surface area contributed by atoms with Crippen LogP contribution in [-0.4, -0.2) is 43.1 Å². The van der Waals surface area contributed by atoms with Gasteiger partial charge in [0.15, 0.2) is 0 Å². The van der Waals surface area contributed by atoms with Crippen molar-refractivity contribution in [2.24, 2.45) is 11.8 Å². The van der Waals surface area contributed by atoms with Crippen LogP contribution in [0.1, 0.15) is 19.3 Å². The van der Waals surface area contributed by atoms with Gasteiger partial charge in [0.25, 0.3) is 0 Å². The molecule has 1 aromatic carbocycles. The fourth-order valence-corrected chi connectivity index (χ4v) is 3.85. The molecule has 0 amide bonds. The van der Waals surface area contributed by atoms with Crippen molar-refractivity contribution in [3.8, 4) is 5.75 Å². The summed E-state index contributed by atoms with van der Waals surface area (Å²) in [5.41, 5.74) is 0. The number of esters is 2. The van der Waals surface area contributed by atoms with E-state index in [0.29, 0.717) is 18.2 Å². The van der Waals surface area contributed by atoms with Crippen molar-refractivity contribution in [3.63, 3.8) is 0 Å². The number of hydrogen-bond acceptors (Lipinski definition) is 5. The highest BCUT2D eigenvalue weighted by Crippen LogP contribution is 2.42. The van der Waals surface area contributed by atoms with E-state index in [0.717, 1.165) is 12.8 Å². The van der Waals surface area contributed by atoms with Crippen LogP contribution in [0.2, 0.25) is 0 Å². The van der Waals surface area contributed by atoms with E-state index in [4.69, 9.17) is 9.47 Å². The van der Waals surface area contributed by atoms with E-state index in [1.165, 1.54) is 7.11 Å². The van der Waals surface area contributed by atoms with E-state index in [-0.39, 0.29) is 18.0 Å². The Morgan fingerprint density at radius 3 is 2.55 bits per heavy atom. The molecular formula is C17H21NO4. The predicted octanol–water partition coefficient (Wildman–Crippen LogP) is 1.86. The van der Waals surface area contributed by atoms with Crippen LogP contribution in [0.5, 0.6) is 5.75 Å². The second-order valence-electron chi connectivity index (χ2n) is 6.09. The third-order valence-corrected chi connectivity index (χ3v) is 5.01. The Balaban J connectivity index is 1.81. The lowest BCUT2D eigenvalue weighted by atomic mass is 9.80. The van der Waals surface area contributed by atoms with E-state index in [2.05, 4.69) is 4.90 Å². The molecule has 2 aliphatic rings. The number of piperidine rings is 1. The molecule has 2 fully saturated rings. The van der Waals surface area contributed by atoms with E-state index >= 15 is 0 Å². The minimum atomic E-state index is -0.440. The van der Waals surface area contributed by atoms with Gasteiger partial charge in [0.05, 0.1) is 18.9 Å². The Morgan fingerprint density at radius 2 is 1.86 bits per heavy atom. The van der Waals surface area contributed by atoms with Gasteiger partial charge in [0, 0.05) is 12.1 Å². The lowest BCUT2D eigenvalue weighted by molar-refractivity contribution is -0.160. The van der Waals surface area contributed by atoms with Gasteiger partial charge in [-0.3, -0.25) is 14.5 Å². The first-order valence-corrected chi connectivity index (χ1v) is 7.68. The zero-order valence-electron chi connectivity index (χ0n) is 12.9. The fraction of sp³-hybridized carbons (Fsp3) is 0.529. The monoisotopic (exact) mass is 303 g/mol. The molecule has 2 heterocycles. The molecule has 2 unspecified atom stereocenters. The standard InChI is InChI=1S/C17H21NO4/c1-18-11-8-9-14(18)15(17(20)21-2)13(10-11)16(19)22-12-6-4-3-5-7-12/h3-7,11,13-15H,8-10H2,1-2H3/t11-,13+,14?,15?/m1/s1. The average molecular weight is 303 g/mol. The molecule has 5 nitrogen and oxygen atoms in total. The van der Waals surface area contributed by atoms with E-state index < -0.39 is 11.8 Å². The van der Waals surface area contributed by atoms with Crippen LogP contribution in [0.4, 0.5) is 0 Å². The van der Waals surface area contributed by atoms with E-state index in [1.807, 2.05) is 25.2 Å². The van der Waals surface area contributed by atoms with Crippen molar-refractivity contribution >= 4 is 11.9 Å². The van der Waals surface area contributed by atoms with Gasteiger partial charge in [-0.25, -0.2) is 0 Å². The predicted molar refractivity (Wildman–Crippen MR) is 80.3 cm³/mol. The SMILES string of the molecule is COC(=O)C1C2CC[C@H](C[C@@H]1C(=O)Oc1ccccc1)N2C. The zero-order chi connectivity index (χ0) is 15.7. The topological polar surface area (TPSA) is 55.8 Å². The molecule has 4 atom stereocenters. The summed E-state index contributed by atoms with van der Waals surface area (Å²) in [5, 5.41) is 0. The summed E-state index contributed by atoms with van der Waals surface area (Å²) in [6, 6.07) is 9.41. The first-order chi connectivity index (χ1) is 10.6. The number of para-hydroxylation sites is 1. The molecule has 3 rings (SSSR count). The van der Waals surface area contributed by atoms with E-state index in [1.54, 1.807) is 12.1 Å². The number of fused-ring (bicyclic) bond motifs is 2. The lowest BCUT2D eigenvalue weighted by Gasteiger charge is -2.40. The summed E-state index contributed by atoms with van der Waals surface area (Å²) in [7, 11) is 3.40. The van der Waals surface area contributed by atoms with Crippen molar-refractivity contribution in [2.45, 2.75) is 31.3 Å². The van der Waals surface area contributed by atoms with Gasteiger partial charge in [-0.2, -0.15) is 0 Å². The largest absolute Gasteiger partial charge is 0.469 e. The number of ether oxygens (including phenoxy) is 2. The highest BCUT2D eigenvalue weighted by molar-refractivity contribution is 5.84. The van der Waals surface area contributed by atoms with Crippen molar-refractivity contribution in [2.75, 3.05) is 14.2 Å². The molecule has 0 N–H and O–H groups in total. The summed E-state index contributed by atoms with van der Waals surface area (Å²) in [5.74, 6) is -0.993. The molecule has 2 bridgehead atoms. The molecular weight excluding hydrogens is 282 g/mol. The van der Waals surface area contributed by atoms with Crippen LogP contribution >= 0.6 is 0 Å². The number of nitrogens with zero attached hydrogens (tertiary/aromatic N) is 1. The molecule has 2 aliphatic heterocycles. The second-order valence-corrected chi connectivity index (χ2v) is 6.09. The molecule has 22 heavy (non-hydrogen) atoms. The van der Waals surface area contributed by atoms with Gasteiger partial charge in [0.1, 0.15) is 5.75 Å². The van der Waals surface area contributed by atoms with Crippen LogP contribution in [0.3, 0.4) is 0 Å². The molecule has 0 saturated carbocycles. The number of carbonyl (C=O) groups excluding carboxylic acids is 2. The maximum atomic E-state index is 12.6. The summed E-state index contributed by atoms with van der Waals surface area (Å²) in [6.07, 6.45) is 2.60. The molecule has 5 heteroatoms. The Hall–Kier alpha value is -1.88. The van der Waals surface area contributed by atoms with Crippen LogP contribution in [-0.2, 0) is 14.3 Å². The van der Waals surface area contributed by atoms with Gasteiger partial charge in [0.2, 0.25) is 0 Å². The van der Waals surface area contributed by atoms with E-state index in [9.17, 15) is 9.59 Å². The van der Waals surface area contributed by atoms with Crippen molar-refractivity contribution < 1.29 is 19.1 Å². The Bertz CT molecular complexity index is 559. The Morgan fingerprint density at radius 1 is 1.14 bits per heavy atom. The van der Waals surface area contributed by atoms with Gasteiger partial charge < -0.3 is 9.47 Å². The van der Waals surface area contributed by atoms with Crippen molar-refractivity contribution in [1.29, 1.82) is 0 Å². The number of hydrogen-bond donors (Lipinski definition) is 0. The minimum absolute atomic E-state index is 0.0690. The summed E-state index contributed by atoms with van der Waals surface area (Å²) in [6.45, 7) is 0. The molecule has 1 aromatic rings. The van der Waals surface area contributed by atoms with Gasteiger partial charge in [-0.1, -0.05) is 18.2 Å². The van der Waals surface area contributed by atoms with Gasteiger partial charge >= 0.3 is 11.9 Å². The third kappa shape index (κ3) is 2.61. The molecule has 0 spiro atoms. The number of methoxy groups -OCH3 is 1. The fourth-order valence-electron chi connectivity index (χ4n) is 3.85. The maximum Gasteiger partial charge on any atom is 0.315 e. The first kappa shape index (κ1) is 15.0. The maximum absolute atomic E-state index is 12.6. The second kappa shape index (κ2) is 6.08. The molecule has 2 saturated heterocycles. The number of rotatable bonds is 3. The molecule has 0 radical (unpaired) electrons. The molecule has 0 aliphatic carbocycles. The van der Waals surface area contributed by atoms with Crippen LogP contribution in [0.25, 0.3) is 0 Å². The summed E-state index contributed by atoms with van der Waals surface area (Å²) < 4.78 is 10.4. The van der Waals surface area contributed by atoms with Gasteiger partial charge in [-0.05, 0) is 38.4 Å². The van der Waals surface area contributed by atoms with Crippen molar-refractivity contribution in [1.82, 2.24) is 4.90 Å². The molecule has 118 valence electrons. The third-order valence-electron chi connectivity index (χ3n) is 5.01. The molecule has 0 aromatic heterocycles. The number of carbonyl (C=O) groups is 2. The average Bonchev–Trinajstić information content (AvgIpc) is 2.77. The van der Waals surface area contributed by atoms with Crippen molar-refractivity contribution in [3.05, 3.63) is 30.3 Å². The summed E-state index contributed by atoms with van der Waals surface area (Å²) >= 11 is 0. The normalized spacial score (nSPS) is 30.8.